The maximum atomic E-state index is 5.70. The Kier molecular flexibility index (Phi) is 6.69. The molecule has 1 atom stereocenters. The van der Waals surface area contributed by atoms with Crippen molar-refractivity contribution in [1.29, 1.82) is 0 Å². The lowest BCUT2D eigenvalue weighted by Crippen LogP contribution is -2.39. The fourth-order valence-electron chi connectivity index (χ4n) is 2.06. The number of nitrogens with one attached hydrogen (secondary N) is 2. The van der Waals surface area contributed by atoms with Crippen LogP contribution in [0.4, 0.5) is 5.69 Å². The summed E-state index contributed by atoms with van der Waals surface area (Å²) in [5.74, 6) is 2.22. The first-order valence-electron chi connectivity index (χ1n) is 7.59. The molecule has 0 aliphatic heterocycles. The summed E-state index contributed by atoms with van der Waals surface area (Å²) in [5, 5.41) is 6.82. The maximum absolute atomic E-state index is 5.70. The second-order valence-electron chi connectivity index (χ2n) is 5.19. The van der Waals surface area contributed by atoms with Gasteiger partial charge in [-0.1, -0.05) is 18.2 Å². The zero-order valence-corrected chi connectivity index (χ0v) is 14.9. The SMILES string of the molecule is COc1ccc(NC(=S)NC(C)COc2ccccc2)c(OC)c1. The molecule has 5 nitrogen and oxygen atoms in total. The minimum absolute atomic E-state index is 0.0504. The summed E-state index contributed by atoms with van der Waals surface area (Å²) in [4.78, 5) is 0. The summed E-state index contributed by atoms with van der Waals surface area (Å²) in [6.45, 7) is 2.51. The standard InChI is InChI=1S/C18H22N2O3S/c1-13(12-23-14-7-5-4-6-8-14)19-18(24)20-16-10-9-15(21-2)11-17(16)22-3/h4-11,13H,12H2,1-3H3,(H2,19,20,24). The van der Waals surface area contributed by atoms with Crippen LogP contribution in [-0.2, 0) is 0 Å². The number of benzene rings is 2. The second-order valence-corrected chi connectivity index (χ2v) is 5.60. The van der Waals surface area contributed by atoms with E-state index in [1.54, 1.807) is 20.3 Å². The summed E-state index contributed by atoms with van der Waals surface area (Å²) >= 11 is 5.35. The smallest absolute Gasteiger partial charge is 0.171 e. The quantitative estimate of drug-likeness (QED) is 0.749. The van der Waals surface area contributed by atoms with Crippen molar-refractivity contribution in [2.75, 3.05) is 26.1 Å². The number of thiocarbonyl (C=S) groups is 1. The van der Waals surface area contributed by atoms with E-state index in [1.165, 1.54) is 0 Å². The Balaban J connectivity index is 1.86. The highest BCUT2D eigenvalue weighted by Crippen LogP contribution is 2.28. The second kappa shape index (κ2) is 8.98. The van der Waals surface area contributed by atoms with Crippen LogP contribution in [0.2, 0.25) is 0 Å². The number of hydrogen-bond donors (Lipinski definition) is 2. The number of anilines is 1. The molecule has 0 bridgehead atoms. The Morgan fingerprint density at radius 3 is 2.46 bits per heavy atom. The Morgan fingerprint density at radius 1 is 1.04 bits per heavy atom. The van der Waals surface area contributed by atoms with E-state index < -0.39 is 0 Å². The lowest BCUT2D eigenvalue weighted by atomic mass is 10.2. The van der Waals surface area contributed by atoms with Crippen molar-refractivity contribution in [3.8, 4) is 17.2 Å². The molecule has 128 valence electrons. The molecule has 2 aromatic rings. The van der Waals surface area contributed by atoms with Gasteiger partial charge < -0.3 is 24.8 Å². The van der Waals surface area contributed by atoms with E-state index in [2.05, 4.69) is 10.6 Å². The van der Waals surface area contributed by atoms with Crippen LogP contribution in [-0.4, -0.2) is 32.0 Å². The average molecular weight is 346 g/mol. The molecule has 0 spiro atoms. The van der Waals surface area contributed by atoms with Crippen molar-refractivity contribution in [3.63, 3.8) is 0 Å². The Labute approximate surface area is 147 Å². The van der Waals surface area contributed by atoms with Crippen molar-refractivity contribution in [1.82, 2.24) is 5.32 Å². The molecule has 0 aliphatic rings. The fourth-order valence-corrected chi connectivity index (χ4v) is 2.37. The zero-order valence-electron chi connectivity index (χ0n) is 14.0. The molecule has 2 rings (SSSR count). The highest BCUT2D eigenvalue weighted by Gasteiger charge is 2.09. The van der Waals surface area contributed by atoms with E-state index in [0.717, 1.165) is 17.2 Å². The van der Waals surface area contributed by atoms with Gasteiger partial charge in [0.2, 0.25) is 0 Å². The van der Waals surface area contributed by atoms with E-state index in [-0.39, 0.29) is 6.04 Å². The highest BCUT2D eigenvalue weighted by atomic mass is 32.1. The van der Waals surface area contributed by atoms with Crippen LogP contribution in [0.3, 0.4) is 0 Å². The van der Waals surface area contributed by atoms with Crippen molar-refractivity contribution in [3.05, 3.63) is 48.5 Å². The molecule has 0 radical (unpaired) electrons. The largest absolute Gasteiger partial charge is 0.497 e. The van der Waals surface area contributed by atoms with Crippen LogP contribution in [0.15, 0.2) is 48.5 Å². The average Bonchev–Trinajstić information content (AvgIpc) is 2.61. The van der Waals surface area contributed by atoms with Crippen LogP contribution < -0.4 is 24.8 Å². The van der Waals surface area contributed by atoms with Gasteiger partial charge in [0.15, 0.2) is 5.11 Å². The summed E-state index contributed by atoms with van der Waals surface area (Å²) in [6, 6.07) is 15.2. The molecule has 0 aromatic heterocycles. The number of ether oxygens (including phenoxy) is 3. The van der Waals surface area contributed by atoms with Gasteiger partial charge in [-0.3, -0.25) is 0 Å². The van der Waals surface area contributed by atoms with Crippen molar-refractivity contribution < 1.29 is 14.2 Å². The van der Waals surface area contributed by atoms with Gasteiger partial charge in [0.25, 0.3) is 0 Å². The fraction of sp³-hybridized carbons (Fsp3) is 0.278. The topological polar surface area (TPSA) is 51.8 Å². The van der Waals surface area contributed by atoms with Gasteiger partial charge in [0.1, 0.15) is 23.9 Å². The zero-order chi connectivity index (χ0) is 17.4. The van der Waals surface area contributed by atoms with Gasteiger partial charge in [0, 0.05) is 6.07 Å². The van der Waals surface area contributed by atoms with E-state index in [4.69, 9.17) is 26.4 Å². The molecule has 0 amide bonds. The molecular formula is C18H22N2O3S. The van der Waals surface area contributed by atoms with Crippen LogP contribution >= 0.6 is 12.2 Å². The first kappa shape index (κ1) is 17.9. The molecular weight excluding hydrogens is 324 g/mol. The molecule has 0 saturated heterocycles. The van der Waals surface area contributed by atoms with Gasteiger partial charge in [-0.15, -0.1) is 0 Å². The van der Waals surface area contributed by atoms with Gasteiger partial charge in [-0.2, -0.15) is 0 Å². The van der Waals surface area contributed by atoms with Crippen LogP contribution in [0.1, 0.15) is 6.92 Å². The monoisotopic (exact) mass is 346 g/mol. The van der Waals surface area contributed by atoms with Crippen molar-refractivity contribution >= 4 is 23.0 Å². The van der Waals surface area contributed by atoms with Crippen molar-refractivity contribution in [2.24, 2.45) is 0 Å². The minimum atomic E-state index is 0.0504. The molecule has 0 aliphatic carbocycles. The Bertz CT molecular complexity index is 665. The Hall–Kier alpha value is -2.47. The first-order chi connectivity index (χ1) is 11.6. The third kappa shape index (κ3) is 5.31. The lowest BCUT2D eigenvalue weighted by molar-refractivity contribution is 0.287. The number of methoxy groups -OCH3 is 2. The number of para-hydroxylation sites is 1. The minimum Gasteiger partial charge on any atom is -0.497 e. The summed E-state index contributed by atoms with van der Waals surface area (Å²) in [6.07, 6.45) is 0. The van der Waals surface area contributed by atoms with Gasteiger partial charge in [-0.25, -0.2) is 0 Å². The van der Waals surface area contributed by atoms with Crippen LogP contribution in [0.25, 0.3) is 0 Å². The molecule has 0 saturated carbocycles. The predicted molar refractivity (Wildman–Crippen MR) is 100 cm³/mol. The summed E-state index contributed by atoms with van der Waals surface area (Å²) in [5.41, 5.74) is 0.770. The third-order valence-electron chi connectivity index (χ3n) is 3.28. The van der Waals surface area contributed by atoms with Crippen LogP contribution in [0.5, 0.6) is 17.2 Å². The van der Waals surface area contributed by atoms with Gasteiger partial charge >= 0.3 is 0 Å². The Morgan fingerprint density at radius 2 is 1.79 bits per heavy atom. The molecule has 0 fully saturated rings. The predicted octanol–water partition coefficient (Wildman–Crippen LogP) is 3.46. The van der Waals surface area contributed by atoms with E-state index in [9.17, 15) is 0 Å². The normalized spacial score (nSPS) is 11.3. The summed E-state index contributed by atoms with van der Waals surface area (Å²) in [7, 11) is 3.22. The molecule has 24 heavy (non-hydrogen) atoms. The van der Waals surface area contributed by atoms with Crippen LogP contribution in [0, 0.1) is 0 Å². The third-order valence-corrected chi connectivity index (χ3v) is 3.50. The number of rotatable bonds is 7. The first-order valence-corrected chi connectivity index (χ1v) is 8.00. The summed E-state index contributed by atoms with van der Waals surface area (Å²) < 4.78 is 16.2. The molecule has 0 heterocycles. The van der Waals surface area contributed by atoms with Gasteiger partial charge in [-0.05, 0) is 43.4 Å². The molecule has 1 unspecified atom stereocenters. The maximum Gasteiger partial charge on any atom is 0.171 e. The molecule has 6 heteroatoms. The van der Waals surface area contributed by atoms with E-state index in [1.807, 2.05) is 49.4 Å². The van der Waals surface area contributed by atoms with Crippen molar-refractivity contribution in [2.45, 2.75) is 13.0 Å². The lowest BCUT2D eigenvalue weighted by Gasteiger charge is -2.19. The van der Waals surface area contributed by atoms with Gasteiger partial charge in [0.05, 0.1) is 25.9 Å². The van der Waals surface area contributed by atoms with E-state index in [0.29, 0.717) is 17.5 Å². The number of hydrogen-bond acceptors (Lipinski definition) is 4. The molecule has 2 aromatic carbocycles. The highest BCUT2D eigenvalue weighted by molar-refractivity contribution is 7.80. The molecule has 2 N–H and O–H groups in total. The van der Waals surface area contributed by atoms with E-state index >= 15 is 0 Å².